The molecule has 2 heterocycles. The zero-order valence-electron chi connectivity index (χ0n) is 21.1. The van der Waals surface area contributed by atoms with E-state index in [-0.39, 0.29) is 5.82 Å². The first-order valence-corrected chi connectivity index (χ1v) is 12.1. The maximum atomic E-state index is 14.9. The highest BCUT2D eigenvalue weighted by Crippen LogP contribution is 2.33. The standard InChI is InChI=1S/C23H23ClF5N7O3S/c1-21(2,3)39-20(37)34-36(19(40)33-18-16(24)6-13(8-31-18)23(27,28)29)10-22(38,9-35-12-30-11-32-35)15-5-4-14(25)7-17(15)26/h4-8,11-12,38H,9-10H2,1-3H3,(H,34,37)(H,31,33,40)/t22-/m1/s1. The monoisotopic (exact) mass is 607 g/mol. The molecule has 0 fully saturated rings. The lowest BCUT2D eigenvalue weighted by atomic mass is 9.92. The van der Waals surface area contributed by atoms with Gasteiger partial charge in [-0.3, -0.25) is 5.01 Å². The first-order valence-electron chi connectivity index (χ1n) is 11.3. The molecule has 0 saturated carbocycles. The maximum Gasteiger partial charge on any atom is 0.426 e. The number of ether oxygens (including phenoxy) is 1. The summed E-state index contributed by atoms with van der Waals surface area (Å²) in [5.41, 5.74) is -2.44. The summed E-state index contributed by atoms with van der Waals surface area (Å²) in [6, 6.07) is 3.08. The molecule has 1 atom stereocenters. The van der Waals surface area contributed by atoms with Gasteiger partial charge in [0, 0.05) is 17.8 Å². The minimum atomic E-state index is -4.71. The molecule has 0 aliphatic rings. The predicted molar refractivity (Wildman–Crippen MR) is 137 cm³/mol. The molecule has 0 saturated heterocycles. The number of aromatic nitrogens is 4. The number of hydrogen-bond acceptors (Lipinski definition) is 7. The Balaban J connectivity index is 2.00. The van der Waals surface area contributed by atoms with Crippen molar-refractivity contribution in [2.45, 2.75) is 44.7 Å². The Kier molecular flexibility index (Phi) is 9.16. The van der Waals surface area contributed by atoms with E-state index in [1.807, 2.05) is 0 Å². The summed E-state index contributed by atoms with van der Waals surface area (Å²) in [5.74, 6) is -2.34. The van der Waals surface area contributed by atoms with Crippen molar-refractivity contribution in [1.29, 1.82) is 0 Å². The molecule has 3 N–H and O–H groups in total. The molecule has 0 aliphatic carbocycles. The van der Waals surface area contributed by atoms with Gasteiger partial charge < -0.3 is 15.2 Å². The fraction of sp³-hybridized carbons (Fsp3) is 0.348. The Labute approximate surface area is 235 Å². The van der Waals surface area contributed by atoms with Crippen molar-refractivity contribution < 1.29 is 36.6 Å². The predicted octanol–water partition coefficient (Wildman–Crippen LogP) is 4.65. The summed E-state index contributed by atoms with van der Waals surface area (Å²) in [5, 5.41) is 18.0. The molecule has 10 nitrogen and oxygen atoms in total. The number of alkyl halides is 3. The van der Waals surface area contributed by atoms with E-state index in [9.17, 15) is 31.9 Å². The molecule has 1 aromatic carbocycles. The molecule has 0 spiro atoms. The SMILES string of the molecule is CC(C)(C)OC(=O)NN(C[C@](O)(Cn1cncn1)c1ccc(F)cc1F)C(=S)Nc1ncc(C(F)(F)F)cc1Cl. The fourth-order valence-corrected chi connectivity index (χ4v) is 3.78. The van der Waals surface area contributed by atoms with E-state index < -0.39 is 69.5 Å². The zero-order chi connectivity index (χ0) is 29.9. The molecule has 2 aromatic heterocycles. The van der Waals surface area contributed by atoms with Gasteiger partial charge in [-0.15, -0.1) is 0 Å². The quantitative estimate of drug-likeness (QED) is 0.209. The van der Waals surface area contributed by atoms with E-state index in [0.717, 1.165) is 28.2 Å². The van der Waals surface area contributed by atoms with Crippen LogP contribution in [0.15, 0.2) is 43.1 Å². The maximum absolute atomic E-state index is 14.9. The van der Waals surface area contributed by atoms with Gasteiger partial charge in [0.15, 0.2) is 10.9 Å². The van der Waals surface area contributed by atoms with E-state index in [1.54, 1.807) is 20.8 Å². The number of pyridine rings is 1. The molecule has 3 aromatic rings. The number of carbonyl (C=O) groups excluding carboxylic acids is 1. The summed E-state index contributed by atoms with van der Waals surface area (Å²) in [6.45, 7) is 3.57. The smallest absolute Gasteiger partial charge is 0.426 e. The van der Waals surface area contributed by atoms with Gasteiger partial charge in [0.1, 0.15) is 35.5 Å². The Morgan fingerprint density at radius 3 is 2.48 bits per heavy atom. The molecule has 0 unspecified atom stereocenters. The van der Waals surface area contributed by atoms with Crippen molar-refractivity contribution in [1.82, 2.24) is 30.2 Å². The number of aliphatic hydroxyl groups is 1. The molecule has 40 heavy (non-hydrogen) atoms. The number of nitrogens with zero attached hydrogens (tertiary/aromatic N) is 5. The van der Waals surface area contributed by atoms with Crippen molar-refractivity contribution in [3.63, 3.8) is 0 Å². The lowest BCUT2D eigenvalue weighted by Crippen LogP contribution is -2.56. The number of nitrogens with one attached hydrogen (secondary N) is 2. The number of rotatable bonds is 6. The number of benzene rings is 1. The highest BCUT2D eigenvalue weighted by atomic mass is 35.5. The van der Waals surface area contributed by atoms with Gasteiger partial charge in [0.25, 0.3) is 0 Å². The molecule has 17 heteroatoms. The van der Waals surface area contributed by atoms with Crippen LogP contribution >= 0.6 is 23.8 Å². The van der Waals surface area contributed by atoms with Gasteiger partial charge in [-0.05, 0) is 45.1 Å². The van der Waals surface area contributed by atoms with Crippen LogP contribution in [0.3, 0.4) is 0 Å². The van der Waals surface area contributed by atoms with Crippen LogP contribution in [0.5, 0.6) is 0 Å². The number of halogens is 6. The van der Waals surface area contributed by atoms with Crippen LogP contribution in [0, 0.1) is 11.6 Å². The third-order valence-corrected chi connectivity index (χ3v) is 5.62. The lowest BCUT2D eigenvalue weighted by Gasteiger charge is -2.36. The minimum absolute atomic E-state index is 0.316. The van der Waals surface area contributed by atoms with Gasteiger partial charge in [0.2, 0.25) is 0 Å². The van der Waals surface area contributed by atoms with Gasteiger partial charge in [-0.2, -0.15) is 18.3 Å². The summed E-state index contributed by atoms with van der Waals surface area (Å²) in [6.07, 6.45) is -2.87. The number of carbonyl (C=O) groups is 1. The second kappa shape index (κ2) is 11.9. The Morgan fingerprint density at radius 2 is 1.93 bits per heavy atom. The molecular weight excluding hydrogens is 585 g/mol. The number of thiocarbonyl (C=S) groups is 1. The minimum Gasteiger partial charge on any atom is -0.443 e. The van der Waals surface area contributed by atoms with E-state index in [2.05, 4.69) is 25.8 Å². The van der Waals surface area contributed by atoms with Crippen LogP contribution in [0.2, 0.25) is 5.02 Å². The number of anilines is 1. The van der Waals surface area contributed by atoms with Crippen LogP contribution in [0.4, 0.5) is 32.6 Å². The van der Waals surface area contributed by atoms with E-state index in [1.165, 1.54) is 6.33 Å². The van der Waals surface area contributed by atoms with Crippen molar-refractivity contribution in [2.24, 2.45) is 0 Å². The van der Waals surface area contributed by atoms with E-state index >= 15 is 0 Å². The van der Waals surface area contributed by atoms with Crippen LogP contribution < -0.4 is 10.7 Å². The number of hydrogen-bond donors (Lipinski definition) is 3. The van der Waals surface area contributed by atoms with E-state index in [4.69, 9.17) is 28.6 Å². The highest BCUT2D eigenvalue weighted by Gasteiger charge is 2.38. The topological polar surface area (TPSA) is 117 Å². The largest absolute Gasteiger partial charge is 0.443 e. The molecule has 1 amide bonds. The average molecular weight is 608 g/mol. The van der Waals surface area contributed by atoms with Crippen molar-refractivity contribution in [3.8, 4) is 0 Å². The Hall–Kier alpha value is -3.63. The Morgan fingerprint density at radius 1 is 1.23 bits per heavy atom. The summed E-state index contributed by atoms with van der Waals surface area (Å²) >= 11 is 11.3. The lowest BCUT2D eigenvalue weighted by molar-refractivity contribution is -0.137. The van der Waals surface area contributed by atoms with Crippen LogP contribution in [-0.4, -0.2) is 53.2 Å². The highest BCUT2D eigenvalue weighted by molar-refractivity contribution is 7.80. The van der Waals surface area contributed by atoms with Crippen LogP contribution in [-0.2, 0) is 23.1 Å². The van der Waals surface area contributed by atoms with Crippen LogP contribution in [0.1, 0.15) is 31.9 Å². The number of amides is 1. The molecular formula is C23H23ClF5N7O3S. The third kappa shape index (κ3) is 8.19. The summed E-state index contributed by atoms with van der Waals surface area (Å²) in [4.78, 5) is 20.0. The number of hydrazine groups is 1. The second-order valence-corrected chi connectivity index (χ2v) is 10.2. The summed E-state index contributed by atoms with van der Waals surface area (Å²) < 4.78 is 74.0. The summed E-state index contributed by atoms with van der Waals surface area (Å²) in [7, 11) is 0. The van der Waals surface area contributed by atoms with Crippen molar-refractivity contribution in [2.75, 3.05) is 11.9 Å². The van der Waals surface area contributed by atoms with Crippen LogP contribution in [0.25, 0.3) is 0 Å². The molecule has 216 valence electrons. The van der Waals surface area contributed by atoms with Gasteiger partial charge in [-0.1, -0.05) is 17.7 Å². The van der Waals surface area contributed by atoms with Gasteiger partial charge in [-0.25, -0.2) is 33.7 Å². The molecule has 0 aliphatic heterocycles. The van der Waals surface area contributed by atoms with Crippen molar-refractivity contribution in [3.05, 3.63) is 70.9 Å². The first-order chi connectivity index (χ1) is 18.5. The molecule has 0 radical (unpaired) electrons. The van der Waals surface area contributed by atoms with Gasteiger partial charge >= 0.3 is 12.3 Å². The Bertz CT molecular complexity index is 1370. The normalized spacial score (nSPS) is 13.3. The average Bonchev–Trinajstić information content (AvgIpc) is 3.30. The zero-order valence-corrected chi connectivity index (χ0v) is 22.7. The molecule has 0 bridgehead atoms. The third-order valence-electron chi connectivity index (χ3n) is 5.01. The second-order valence-electron chi connectivity index (χ2n) is 9.43. The van der Waals surface area contributed by atoms with Gasteiger partial charge in [0.05, 0.1) is 23.7 Å². The fourth-order valence-electron chi connectivity index (χ4n) is 3.36. The van der Waals surface area contributed by atoms with E-state index in [0.29, 0.717) is 18.3 Å². The first kappa shape index (κ1) is 30.9. The molecule has 3 rings (SSSR count). The van der Waals surface area contributed by atoms with Crippen molar-refractivity contribution >= 4 is 40.8 Å².